The van der Waals surface area contributed by atoms with Gasteiger partial charge in [-0.25, -0.2) is 4.79 Å². The molecule has 16 heavy (non-hydrogen) atoms. The fraction of sp³-hybridized carbons (Fsp3) is 0.273. The maximum Gasteiger partial charge on any atom is 1.00 e. The molecule has 0 spiro atoms. The Bertz CT molecular complexity index is 354. The number of carbonyl (C=O) groups is 2. The maximum absolute atomic E-state index is 10.8. The molecule has 1 aromatic rings. The number of nitrogens with one attached hydrogen (secondary N) is 1. The Labute approximate surface area is 116 Å². The first-order valence-corrected chi connectivity index (χ1v) is 4.63. The van der Waals surface area contributed by atoms with Gasteiger partial charge in [-0.2, -0.15) is 0 Å². The second kappa shape index (κ2) is 7.44. The molecule has 0 aliphatic heterocycles. The van der Waals surface area contributed by atoms with Crippen LogP contribution >= 0.6 is 0 Å². The van der Waals surface area contributed by atoms with Crippen LogP contribution < -0.4 is 34.9 Å². The average molecular weight is 230 g/mol. The van der Waals surface area contributed by atoms with Gasteiger partial charge in [0.25, 0.3) is 0 Å². The Balaban J connectivity index is 0.00000225. The first-order valence-electron chi connectivity index (χ1n) is 4.63. The molecule has 1 amide bonds. The number of hydrogen-bond donors (Lipinski definition) is 2. The molecule has 1 aromatic carbocycles. The molecule has 5 heteroatoms. The van der Waals surface area contributed by atoms with Crippen LogP contribution in [0.3, 0.4) is 0 Å². The van der Waals surface area contributed by atoms with Crippen molar-refractivity contribution in [2.45, 2.75) is 19.4 Å². The molecular weight excluding hydrogens is 217 g/mol. The van der Waals surface area contributed by atoms with Gasteiger partial charge in [-0.15, -0.1) is 0 Å². The van der Waals surface area contributed by atoms with Crippen LogP contribution in [0.25, 0.3) is 0 Å². The zero-order chi connectivity index (χ0) is 11.3. The fourth-order valence-electron chi connectivity index (χ4n) is 1.30. The molecule has 0 bridgehead atoms. The Kier molecular flexibility index (Phi) is 7.05. The van der Waals surface area contributed by atoms with Gasteiger partial charge in [0.15, 0.2) is 0 Å². The number of rotatable bonds is 4. The van der Waals surface area contributed by atoms with Crippen LogP contribution in [0.4, 0.5) is 0 Å². The molecule has 0 aromatic heterocycles. The largest absolute Gasteiger partial charge is 1.00 e. The van der Waals surface area contributed by atoms with Crippen LogP contribution in [0.15, 0.2) is 30.3 Å². The summed E-state index contributed by atoms with van der Waals surface area (Å²) in [5.41, 5.74) is 0.888. The van der Waals surface area contributed by atoms with Gasteiger partial charge in [0, 0.05) is 13.3 Å². The Hall–Kier alpha value is -0.840. The van der Waals surface area contributed by atoms with E-state index in [1.807, 2.05) is 30.3 Å². The van der Waals surface area contributed by atoms with Crippen molar-refractivity contribution in [1.29, 1.82) is 0 Å². The Morgan fingerprint density at radius 2 is 1.88 bits per heavy atom. The monoisotopic (exact) mass is 230 g/mol. The van der Waals surface area contributed by atoms with Crippen molar-refractivity contribution >= 4 is 11.9 Å². The van der Waals surface area contributed by atoms with Crippen LogP contribution in [0.2, 0.25) is 0 Å². The first kappa shape index (κ1) is 15.2. The number of carboxylic acids is 1. The molecule has 2 N–H and O–H groups in total. The SMILES string of the molecule is CC(=O)NC(Cc1ccccc1)C(=O)O.[Na+]. The summed E-state index contributed by atoms with van der Waals surface area (Å²) >= 11 is 0. The maximum atomic E-state index is 10.8. The molecule has 0 aliphatic carbocycles. The molecule has 0 fully saturated rings. The van der Waals surface area contributed by atoms with Crippen LogP contribution in [-0.2, 0) is 16.0 Å². The van der Waals surface area contributed by atoms with E-state index in [1.165, 1.54) is 6.92 Å². The first-order chi connectivity index (χ1) is 7.09. The van der Waals surface area contributed by atoms with E-state index in [-0.39, 0.29) is 35.5 Å². The van der Waals surface area contributed by atoms with E-state index < -0.39 is 12.0 Å². The number of aliphatic carboxylic acids is 1. The third-order valence-electron chi connectivity index (χ3n) is 1.96. The van der Waals surface area contributed by atoms with Crippen LogP contribution in [0, 0.1) is 0 Å². The van der Waals surface area contributed by atoms with E-state index in [0.717, 1.165) is 5.56 Å². The normalized spacial score (nSPS) is 11.1. The van der Waals surface area contributed by atoms with Crippen LogP contribution in [0.1, 0.15) is 12.5 Å². The van der Waals surface area contributed by atoms with Crippen molar-refractivity contribution in [3.05, 3.63) is 35.9 Å². The molecule has 4 nitrogen and oxygen atoms in total. The molecule has 1 atom stereocenters. The van der Waals surface area contributed by atoms with E-state index in [9.17, 15) is 9.59 Å². The predicted molar refractivity (Wildman–Crippen MR) is 55.4 cm³/mol. The number of carboxylic acid groups (broad SMARTS) is 1. The third kappa shape index (κ3) is 5.30. The van der Waals surface area contributed by atoms with Crippen molar-refractivity contribution in [3.63, 3.8) is 0 Å². The summed E-state index contributed by atoms with van der Waals surface area (Å²) in [7, 11) is 0. The molecule has 80 valence electrons. The molecule has 0 radical (unpaired) electrons. The van der Waals surface area contributed by atoms with Gasteiger partial charge in [-0.3, -0.25) is 4.79 Å². The van der Waals surface area contributed by atoms with Gasteiger partial charge in [-0.05, 0) is 5.56 Å². The minimum atomic E-state index is -1.02. The van der Waals surface area contributed by atoms with Crippen molar-refractivity contribution in [2.75, 3.05) is 0 Å². The van der Waals surface area contributed by atoms with Crippen molar-refractivity contribution in [2.24, 2.45) is 0 Å². The van der Waals surface area contributed by atoms with Gasteiger partial charge in [-0.1, -0.05) is 30.3 Å². The molecule has 0 saturated heterocycles. The van der Waals surface area contributed by atoms with Crippen molar-refractivity contribution in [1.82, 2.24) is 5.32 Å². The second-order valence-corrected chi connectivity index (χ2v) is 3.28. The summed E-state index contributed by atoms with van der Waals surface area (Å²) in [6, 6.07) is 8.34. The van der Waals surface area contributed by atoms with Crippen molar-refractivity contribution < 1.29 is 44.3 Å². The summed E-state index contributed by atoms with van der Waals surface area (Å²) in [5, 5.41) is 11.3. The fourth-order valence-corrected chi connectivity index (χ4v) is 1.30. The van der Waals surface area contributed by atoms with Crippen LogP contribution in [-0.4, -0.2) is 23.0 Å². The van der Waals surface area contributed by atoms with Crippen molar-refractivity contribution in [3.8, 4) is 0 Å². The van der Waals surface area contributed by atoms with Gasteiger partial charge in [0.1, 0.15) is 6.04 Å². The zero-order valence-electron chi connectivity index (χ0n) is 9.43. The molecule has 0 heterocycles. The average Bonchev–Trinajstić information content (AvgIpc) is 2.17. The van der Waals surface area contributed by atoms with Gasteiger partial charge < -0.3 is 10.4 Å². The third-order valence-corrected chi connectivity index (χ3v) is 1.96. The number of amides is 1. The smallest absolute Gasteiger partial charge is 0.480 e. The summed E-state index contributed by atoms with van der Waals surface area (Å²) in [6.07, 6.45) is 0.301. The number of carbonyl (C=O) groups excluding carboxylic acids is 1. The van der Waals surface area contributed by atoms with E-state index in [2.05, 4.69) is 5.32 Å². The molecule has 1 unspecified atom stereocenters. The minimum Gasteiger partial charge on any atom is -0.480 e. The number of hydrogen-bond acceptors (Lipinski definition) is 2. The van der Waals surface area contributed by atoms with E-state index in [1.54, 1.807) is 0 Å². The predicted octanol–water partition coefficient (Wildman–Crippen LogP) is -2.18. The summed E-state index contributed by atoms with van der Waals surface area (Å²) in [5.74, 6) is -1.35. The molecule has 1 rings (SSSR count). The number of benzene rings is 1. The molecule has 0 saturated carbocycles. The second-order valence-electron chi connectivity index (χ2n) is 3.28. The minimum absolute atomic E-state index is 0. The standard InChI is InChI=1S/C11H13NO3.Na/c1-8(13)12-10(11(14)15)7-9-5-3-2-4-6-9;/h2-6,10H,7H2,1H3,(H,12,13)(H,14,15);/q;+1. The quantitative estimate of drug-likeness (QED) is 0.578. The molecular formula is C11H13NNaO3+. The van der Waals surface area contributed by atoms with E-state index in [0.29, 0.717) is 6.42 Å². The Morgan fingerprint density at radius 3 is 2.31 bits per heavy atom. The van der Waals surface area contributed by atoms with Gasteiger partial charge in [0.2, 0.25) is 5.91 Å². The van der Waals surface area contributed by atoms with Gasteiger partial charge >= 0.3 is 35.5 Å². The molecule has 0 aliphatic rings. The summed E-state index contributed by atoms with van der Waals surface area (Å²) < 4.78 is 0. The summed E-state index contributed by atoms with van der Waals surface area (Å²) in [6.45, 7) is 1.31. The summed E-state index contributed by atoms with van der Waals surface area (Å²) in [4.78, 5) is 21.6. The van der Waals surface area contributed by atoms with E-state index in [4.69, 9.17) is 5.11 Å². The Morgan fingerprint density at radius 1 is 1.31 bits per heavy atom. The zero-order valence-corrected chi connectivity index (χ0v) is 11.4. The van der Waals surface area contributed by atoms with E-state index >= 15 is 0 Å². The van der Waals surface area contributed by atoms with Crippen LogP contribution in [0.5, 0.6) is 0 Å². The van der Waals surface area contributed by atoms with Gasteiger partial charge in [0.05, 0.1) is 0 Å². The topological polar surface area (TPSA) is 66.4 Å².